The summed E-state index contributed by atoms with van der Waals surface area (Å²) in [5.41, 5.74) is 1.70. The second-order valence-corrected chi connectivity index (χ2v) is 8.30. The fourth-order valence-electron chi connectivity index (χ4n) is 4.35. The number of hydrogen-bond acceptors (Lipinski definition) is 6. The predicted molar refractivity (Wildman–Crippen MR) is 126 cm³/mol. The molecule has 2 N–H and O–H groups in total. The molecule has 0 bridgehead atoms. The van der Waals surface area contributed by atoms with E-state index in [4.69, 9.17) is 14.6 Å². The first-order valence-electron chi connectivity index (χ1n) is 11.0. The van der Waals surface area contributed by atoms with Gasteiger partial charge in [-0.05, 0) is 48.7 Å². The fraction of sp³-hybridized carbons (Fsp3) is 0.385. The predicted octanol–water partition coefficient (Wildman–Crippen LogP) is 3.59. The number of allylic oxidation sites excluding steroid dienone is 2. The van der Waals surface area contributed by atoms with E-state index >= 15 is 0 Å². The van der Waals surface area contributed by atoms with Crippen molar-refractivity contribution in [1.29, 1.82) is 0 Å². The Kier molecular flexibility index (Phi) is 8.11. The van der Waals surface area contributed by atoms with Crippen LogP contribution >= 0.6 is 0 Å². The number of carbonyl (C=O) groups excluding carboxylic acids is 1. The molecule has 1 fully saturated rings. The smallest absolute Gasteiger partial charge is 0.305 e. The number of aliphatic hydroxyl groups excluding tert-OH is 1. The van der Waals surface area contributed by atoms with E-state index in [1.807, 2.05) is 54.6 Å². The van der Waals surface area contributed by atoms with Gasteiger partial charge in [0, 0.05) is 24.9 Å². The zero-order valence-electron chi connectivity index (χ0n) is 19.1. The van der Waals surface area contributed by atoms with Crippen LogP contribution in [0.1, 0.15) is 31.2 Å². The Hall–Kier alpha value is -3.32. The average molecular weight is 454 g/mol. The Morgan fingerprint density at radius 3 is 2.45 bits per heavy atom. The summed E-state index contributed by atoms with van der Waals surface area (Å²) in [6.07, 6.45) is 3.07. The van der Waals surface area contributed by atoms with Crippen LogP contribution < -0.4 is 14.4 Å². The number of benzene rings is 2. The molecule has 1 heterocycles. The van der Waals surface area contributed by atoms with Crippen molar-refractivity contribution in [1.82, 2.24) is 0 Å². The molecule has 7 nitrogen and oxygen atoms in total. The van der Waals surface area contributed by atoms with Gasteiger partial charge in [0.15, 0.2) is 5.78 Å². The molecule has 1 aliphatic heterocycles. The Bertz CT molecular complexity index is 994. The summed E-state index contributed by atoms with van der Waals surface area (Å²) in [6, 6.07) is 15.8. The third-order valence-electron chi connectivity index (χ3n) is 6.16. The standard InChI is InChI=1S/C26H31NO6/c1-32-22-7-5-6-19(16-22)26(11-10-20(28)17-21(29)18-25(30)31)12-14-27(15-13-26)23-8-3-4-9-24(23)33-2/h3-11,16,21,29H,12-15,17-18H2,1-2H3,(H,30,31)/b11-10+. The van der Waals surface area contributed by atoms with Crippen molar-refractivity contribution in [3.63, 3.8) is 0 Å². The van der Waals surface area contributed by atoms with Crippen molar-refractivity contribution in [2.75, 3.05) is 32.2 Å². The van der Waals surface area contributed by atoms with Crippen molar-refractivity contribution in [3.8, 4) is 11.5 Å². The van der Waals surface area contributed by atoms with Crippen LogP contribution in [0.2, 0.25) is 0 Å². The van der Waals surface area contributed by atoms with E-state index in [9.17, 15) is 14.7 Å². The van der Waals surface area contributed by atoms with Crippen molar-refractivity contribution in [2.45, 2.75) is 37.2 Å². The zero-order valence-corrected chi connectivity index (χ0v) is 19.1. The summed E-state index contributed by atoms with van der Waals surface area (Å²) in [6.45, 7) is 1.52. The highest BCUT2D eigenvalue weighted by atomic mass is 16.5. The molecule has 0 aliphatic carbocycles. The normalized spacial score (nSPS) is 16.4. The molecule has 0 radical (unpaired) electrons. The summed E-state index contributed by atoms with van der Waals surface area (Å²) in [4.78, 5) is 25.5. The lowest BCUT2D eigenvalue weighted by Crippen LogP contribution is -2.42. The molecule has 0 aromatic heterocycles. The Labute approximate surface area is 194 Å². The van der Waals surface area contributed by atoms with Crippen LogP contribution in [0, 0.1) is 0 Å². The molecule has 2 aromatic carbocycles. The number of rotatable bonds is 10. The molecule has 1 unspecified atom stereocenters. The van der Waals surface area contributed by atoms with Crippen LogP contribution in [-0.4, -0.2) is 55.4 Å². The second-order valence-electron chi connectivity index (χ2n) is 8.30. The summed E-state index contributed by atoms with van der Waals surface area (Å²) >= 11 is 0. The van der Waals surface area contributed by atoms with Crippen molar-refractivity contribution >= 4 is 17.4 Å². The molecule has 1 aliphatic rings. The molecule has 7 heteroatoms. The number of ether oxygens (including phenoxy) is 2. The quantitative estimate of drug-likeness (QED) is 0.531. The number of ketones is 1. The van der Waals surface area contributed by atoms with Gasteiger partial charge in [-0.25, -0.2) is 0 Å². The third-order valence-corrected chi connectivity index (χ3v) is 6.16. The second kappa shape index (κ2) is 11.0. The van der Waals surface area contributed by atoms with E-state index in [1.165, 1.54) is 6.08 Å². The van der Waals surface area contributed by atoms with Crippen LogP contribution in [-0.2, 0) is 15.0 Å². The molecule has 0 saturated carbocycles. The van der Waals surface area contributed by atoms with Crippen LogP contribution in [0.4, 0.5) is 5.69 Å². The maximum Gasteiger partial charge on any atom is 0.305 e. The third kappa shape index (κ3) is 6.14. The van der Waals surface area contributed by atoms with Gasteiger partial charge in [0.1, 0.15) is 11.5 Å². The minimum Gasteiger partial charge on any atom is -0.497 e. The number of carboxylic acid groups (broad SMARTS) is 1. The van der Waals surface area contributed by atoms with Gasteiger partial charge in [-0.2, -0.15) is 0 Å². The number of aliphatic hydroxyl groups is 1. The number of aliphatic carboxylic acids is 1. The van der Waals surface area contributed by atoms with Crippen LogP contribution in [0.25, 0.3) is 0 Å². The zero-order chi connectivity index (χ0) is 23.8. The Balaban J connectivity index is 1.83. The maximum absolute atomic E-state index is 12.5. The minimum atomic E-state index is -1.19. The number of methoxy groups -OCH3 is 2. The van der Waals surface area contributed by atoms with Crippen molar-refractivity contribution in [3.05, 3.63) is 66.2 Å². The number of anilines is 1. The fourth-order valence-corrected chi connectivity index (χ4v) is 4.35. The largest absolute Gasteiger partial charge is 0.497 e. The highest BCUT2D eigenvalue weighted by Crippen LogP contribution is 2.41. The van der Waals surface area contributed by atoms with Gasteiger partial charge in [0.25, 0.3) is 0 Å². The molecule has 33 heavy (non-hydrogen) atoms. The Morgan fingerprint density at radius 2 is 1.79 bits per heavy atom. The van der Waals surface area contributed by atoms with Gasteiger partial charge in [-0.3, -0.25) is 9.59 Å². The van der Waals surface area contributed by atoms with Gasteiger partial charge in [0.05, 0.1) is 32.4 Å². The molecular weight excluding hydrogens is 422 g/mol. The summed E-state index contributed by atoms with van der Waals surface area (Å²) in [7, 11) is 3.29. The van der Waals surface area contributed by atoms with Crippen molar-refractivity contribution < 1.29 is 29.3 Å². The van der Waals surface area contributed by atoms with Gasteiger partial charge in [-0.1, -0.05) is 30.3 Å². The molecule has 176 valence electrons. The van der Waals surface area contributed by atoms with Crippen LogP contribution in [0.5, 0.6) is 11.5 Å². The molecule has 1 saturated heterocycles. The van der Waals surface area contributed by atoms with Gasteiger partial charge < -0.3 is 24.6 Å². The lowest BCUT2D eigenvalue weighted by atomic mass is 9.72. The van der Waals surface area contributed by atoms with E-state index in [1.54, 1.807) is 14.2 Å². The number of carboxylic acids is 1. The molecule has 0 amide bonds. The molecule has 2 aromatic rings. The molecule has 1 atom stereocenters. The lowest BCUT2D eigenvalue weighted by molar-refractivity contribution is -0.139. The van der Waals surface area contributed by atoms with E-state index in [2.05, 4.69) is 4.90 Å². The van der Waals surface area contributed by atoms with E-state index in [0.717, 1.165) is 48.7 Å². The summed E-state index contributed by atoms with van der Waals surface area (Å²) in [5.74, 6) is 0.147. The first-order chi connectivity index (χ1) is 15.9. The number of nitrogens with zero attached hydrogens (tertiary/aromatic N) is 1. The van der Waals surface area contributed by atoms with Gasteiger partial charge in [0.2, 0.25) is 0 Å². The van der Waals surface area contributed by atoms with Crippen LogP contribution in [0.3, 0.4) is 0 Å². The summed E-state index contributed by atoms with van der Waals surface area (Å²) < 4.78 is 10.9. The first-order valence-corrected chi connectivity index (χ1v) is 11.0. The van der Waals surface area contributed by atoms with Gasteiger partial charge in [-0.15, -0.1) is 0 Å². The topological polar surface area (TPSA) is 96.3 Å². The monoisotopic (exact) mass is 453 g/mol. The maximum atomic E-state index is 12.5. The van der Waals surface area contributed by atoms with E-state index in [0.29, 0.717) is 0 Å². The van der Waals surface area contributed by atoms with E-state index < -0.39 is 18.5 Å². The highest BCUT2D eigenvalue weighted by Gasteiger charge is 2.35. The number of hydrogen-bond donors (Lipinski definition) is 2. The number of piperidine rings is 1. The molecule has 3 rings (SSSR count). The molecular formula is C26H31NO6. The highest BCUT2D eigenvalue weighted by molar-refractivity contribution is 5.90. The molecule has 0 spiro atoms. The summed E-state index contributed by atoms with van der Waals surface area (Å²) in [5, 5.41) is 18.6. The Morgan fingerprint density at radius 1 is 1.06 bits per heavy atom. The van der Waals surface area contributed by atoms with Gasteiger partial charge >= 0.3 is 5.97 Å². The number of carbonyl (C=O) groups is 2. The van der Waals surface area contributed by atoms with Crippen molar-refractivity contribution in [2.24, 2.45) is 0 Å². The lowest BCUT2D eigenvalue weighted by Gasteiger charge is -2.42. The SMILES string of the molecule is COc1cccc(C2(/C=C/C(=O)CC(O)CC(=O)O)CCN(c3ccccc3OC)CC2)c1. The van der Waals surface area contributed by atoms with E-state index in [-0.39, 0.29) is 17.6 Å². The number of para-hydroxylation sites is 2. The van der Waals surface area contributed by atoms with Crippen LogP contribution in [0.15, 0.2) is 60.7 Å². The average Bonchev–Trinajstić information content (AvgIpc) is 2.82. The minimum absolute atomic E-state index is 0.218. The first kappa shape index (κ1) is 24.3.